The summed E-state index contributed by atoms with van der Waals surface area (Å²) < 4.78 is 5.43. The van der Waals surface area contributed by atoms with Crippen LogP contribution in [0.15, 0.2) is 53.1 Å². The average molecular weight is 389 g/mol. The molecule has 134 valence electrons. The molecule has 0 saturated carbocycles. The number of oxazole rings is 1. The summed E-state index contributed by atoms with van der Waals surface area (Å²) in [6, 6.07) is 12.8. The van der Waals surface area contributed by atoms with Crippen molar-refractivity contribution in [3.05, 3.63) is 70.0 Å². The highest BCUT2D eigenvalue weighted by Gasteiger charge is 2.17. The smallest absolute Gasteiger partial charge is 0.277 e. The number of halogens is 2. The topological polar surface area (TPSA) is 55.1 Å². The van der Waals surface area contributed by atoms with Gasteiger partial charge < -0.3 is 9.73 Å². The highest BCUT2D eigenvalue weighted by Crippen LogP contribution is 2.29. The van der Waals surface area contributed by atoms with Gasteiger partial charge in [0.25, 0.3) is 5.91 Å². The molecule has 0 bridgehead atoms. The maximum absolute atomic E-state index is 12.6. The van der Waals surface area contributed by atoms with Crippen molar-refractivity contribution in [1.82, 2.24) is 4.98 Å². The molecule has 1 aromatic heterocycles. The normalized spacial score (nSPS) is 12.0. The first-order valence-electron chi connectivity index (χ1n) is 8.30. The van der Waals surface area contributed by atoms with E-state index < -0.39 is 0 Å². The monoisotopic (exact) mass is 388 g/mol. The van der Waals surface area contributed by atoms with E-state index in [9.17, 15) is 4.79 Å². The van der Waals surface area contributed by atoms with Crippen LogP contribution in [0.2, 0.25) is 10.0 Å². The molecular weight excluding hydrogens is 371 g/mol. The largest absolute Gasteiger partial charge is 0.444 e. The number of aromatic nitrogens is 1. The molecule has 6 heteroatoms. The van der Waals surface area contributed by atoms with Gasteiger partial charge in [-0.05, 0) is 42.2 Å². The van der Waals surface area contributed by atoms with Crippen LogP contribution < -0.4 is 5.32 Å². The van der Waals surface area contributed by atoms with E-state index in [1.165, 1.54) is 6.26 Å². The number of nitrogens with one attached hydrogen (secondary N) is 1. The molecule has 26 heavy (non-hydrogen) atoms. The Bertz CT molecular complexity index is 937. The first kappa shape index (κ1) is 18.5. The standard InChI is InChI=1S/C20H18Cl2N2O2/c1-3-12(2)14-6-4-5-7-17(14)23-19(25)18-11-26-20(24-18)13-8-9-15(21)16(22)10-13/h4-12H,3H2,1-2H3,(H,23,25). The molecule has 1 atom stereocenters. The maximum atomic E-state index is 12.6. The van der Waals surface area contributed by atoms with E-state index in [1.54, 1.807) is 18.2 Å². The molecule has 3 rings (SSSR count). The maximum Gasteiger partial charge on any atom is 0.277 e. The van der Waals surface area contributed by atoms with Crippen LogP contribution in [-0.4, -0.2) is 10.9 Å². The third kappa shape index (κ3) is 3.92. The van der Waals surface area contributed by atoms with Gasteiger partial charge in [-0.1, -0.05) is 55.2 Å². The minimum Gasteiger partial charge on any atom is -0.444 e. The van der Waals surface area contributed by atoms with Gasteiger partial charge in [0.2, 0.25) is 5.89 Å². The molecule has 0 aliphatic heterocycles. The first-order valence-corrected chi connectivity index (χ1v) is 9.06. The lowest BCUT2D eigenvalue weighted by Crippen LogP contribution is -2.14. The van der Waals surface area contributed by atoms with Gasteiger partial charge in [0, 0.05) is 11.3 Å². The van der Waals surface area contributed by atoms with E-state index in [1.807, 2.05) is 24.3 Å². The molecule has 3 aromatic rings. The van der Waals surface area contributed by atoms with E-state index in [-0.39, 0.29) is 11.6 Å². The summed E-state index contributed by atoms with van der Waals surface area (Å²) in [6.07, 6.45) is 2.32. The van der Waals surface area contributed by atoms with Gasteiger partial charge in [-0.2, -0.15) is 0 Å². The second kappa shape index (κ2) is 7.94. The number of hydrogen-bond donors (Lipinski definition) is 1. The molecule has 0 aliphatic rings. The van der Waals surface area contributed by atoms with Gasteiger partial charge in [-0.25, -0.2) is 4.98 Å². The minimum atomic E-state index is -0.323. The quantitative estimate of drug-likeness (QED) is 0.548. The van der Waals surface area contributed by atoms with Crippen molar-refractivity contribution in [1.29, 1.82) is 0 Å². The summed E-state index contributed by atoms with van der Waals surface area (Å²) >= 11 is 11.9. The van der Waals surface area contributed by atoms with Gasteiger partial charge in [0.15, 0.2) is 5.69 Å². The molecule has 4 nitrogen and oxygen atoms in total. The molecular formula is C20H18Cl2N2O2. The Kier molecular flexibility index (Phi) is 5.64. The molecule has 2 aromatic carbocycles. The van der Waals surface area contributed by atoms with E-state index in [4.69, 9.17) is 27.6 Å². The van der Waals surface area contributed by atoms with Crippen LogP contribution >= 0.6 is 23.2 Å². The Morgan fingerprint density at radius 2 is 1.96 bits per heavy atom. The number of benzene rings is 2. The third-order valence-electron chi connectivity index (χ3n) is 4.26. The fourth-order valence-corrected chi connectivity index (χ4v) is 2.88. The summed E-state index contributed by atoms with van der Waals surface area (Å²) in [5, 5.41) is 3.76. The Morgan fingerprint density at radius 1 is 1.19 bits per heavy atom. The minimum absolute atomic E-state index is 0.199. The van der Waals surface area contributed by atoms with E-state index in [2.05, 4.69) is 24.1 Å². The molecule has 0 fully saturated rings. The Hall–Kier alpha value is -2.30. The van der Waals surface area contributed by atoms with E-state index in [0.717, 1.165) is 17.7 Å². The summed E-state index contributed by atoms with van der Waals surface area (Å²) in [4.78, 5) is 16.8. The lowest BCUT2D eigenvalue weighted by atomic mass is 9.97. The fourth-order valence-electron chi connectivity index (χ4n) is 2.59. The van der Waals surface area contributed by atoms with Crippen LogP contribution in [0.1, 0.15) is 42.2 Å². The van der Waals surface area contributed by atoms with Crippen molar-refractivity contribution in [2.24, 2.45) is 0 Å². The first-order chi connectivity index (χ1) is 12.5. The number of carbonyl (C=O) groups is 1. The second-order valence-electron chi connectivity index (χ2n) is 6.02. The summed E-state index contributed by atoms with van der Waals surface area (Å²) in [6.45, 7) is 4.24. The van der Waals surface area contributed by atoms with Crippen molar-refractivity contribution in [3.63, 3.8) is 0 Å². The number of carbonyl (C=O) groups excluding carboxylic acids is 1. The van der Waals surface area contributed by atoms with Gasteiger partial charge in [-0.15, -0.1) is 0 Å². The molecule has 0 saturated heterocycles. The van der Waals surface area contributed by atoms with Crippen molar-refractivity contribution in [2.75, 3.05) is 5.32 Å². The number of rotatable bonds is 5. The zero-order valence-corrected chi connectivity index (χ0v) is 15.9. The number of hydrogen-bond acceptors (Lipinski definition) is 3. The van der Waals surface area contributed by atoms with Gasteiger partial charge in [0.1, 0.15) is 6.26 Å². The summed E-state index contributed by atoms with van der Waals surface area (Å²) in [5.41, 5.74) is 2.73. The molecule has 0 spiro atoms. The highest BCUT2D eigenvalue weighted by atomic mass is 35.5. The zero-order chi connectivity index (χ0) is 18.7. The molecule has 1 heterocycles. The molecule has 1 N–H and O–H groups in total. The third-order valence-corrected chi connectivity index (χ3v) is 4.99. The van der Waals surface area contributed by atoms with E-state index in [0.29, 0.717) is 27.4 Å². The number of anilines is 1. The zero-order valence-electron chi connectivity index (χ0n) is 14.4. The van der Waals surface area contributed by atoms with E-state index >= 15 is 0 Å². The number of nitrogens with zero attached hydrogens (tertiary/aromatic N) is 1. The van der Waals surface area contributed by atoms with Crippen LogP contribution in [0.25, 0.3) is 11.5 Å². The molecule has 0 radical (unpaired) electrons. The van der Waals surface area contributed by atoms with Crippen molar-refractivity contribution in [2.45, 2.75) is 26.2 Å². The molecule has 1 unspecified atom stereocenters. The number of amides is 1. The lowest BCUT2D eigenvalue weighted by molar-refractivity contribution is 0.102. The van der Waals surface area contributed by atoms with Crippen molar-refractivity contribution < 1.29 is 9.21 Å². The lowest BCUT2D eigenvalue weighted by Gasteiger charge is -2.14. The summed E-state index contributed by atoms with van der Waals surface area (Å²) in [7, 11) is 0. The van der Waals surface area contributed by atoms with Crippen molar-refractivity contribution in [3.8, 4) is 11.5 Å². The second-order valence-corrected chi connectivity index (χ2v) is 6.83. The fraction of sp³-hybridized carbons (Fsp3) is 0.200. The molecule has 0 aliphatic carbocycles. The Balaban J connectivity index is 1.82. The van der Waals surface area contributed by atoms with Gasteiger partial charge in [-0.3, -0.25) is 4.79 Å². The Labute approximate surface area is 162 Å². The SMILES string of the molecule is CCC(C)c1ccccc1NC(=O)c1coc(-c2ccc(Cl)c(Cl)c2)n1. The van der Waals surface area contributed by atoms with Crippen LogP contribution in [0, 0.1) is 0 Å². The average Bonchev–Trinajstić information content (AvgIpc) is 3.14. The predicted molar refractivity (Wildman–Crippen MR) is 105 cm³/mol. The summed E-state index contributed by atoms with van der Waals surface area (Å²) in [5.74, 6) is 0.329. The Morgan fingerprint density at radius 3 is 2.69 bits per heavy atom. The van der Waals surface area contributed by atoms with Crippen LogP contribution in [0.5, 0.6) is 0 Å². The highest BCUT2D eigenvalue weighted by molar-refractivity contribution is 6.42. The van der Waals surface area contributed by atoms with Crippen LogP contribution in [0.4, 0.5) is 5.69 Å². The van der Waals surface area contributed by atoms with Crippen molar-refractivity contribution >= 4 is 34.8 Å². The predicted octanol–water partition coefficient (Wildman–Crippen LogP) is 6.41. The van der Waals surface area contributed by atoms with Crippen LogP contribution in [-0.2, 0) is 0 Å². The van der Waals surface area contributed by atoms with Crippen LogP contribution in [0.3, 0.4) is 0 Å². The van der Waals surface area contributed by atoms with Gasteiger partial charge in [0.05, 0.1) is 10.0 Å². The van der Waals surface area contributed by atoms with Gasteiger partial charge >= 0.3 is 0 Å². The molecule has 1 amide bonds. The number of para-hydroxylation sites is 1.